The third kappa shape index (κ3) is 3.44. The molecule has 7 heteroatoms. The quantitative estimate of drug-likeness (QED) is 0.767. The Bertz CT molecular complexity index is 796. The Morgan fingerprint density at radius 1 is 1.38 bits per heavy atom. The van der Waals surface area contributed by atoms with Gasteiger partial charge in [0.2, 0.25) is 0 Å². The third-order valence-corrected chi connectivity index (χ3v) is 6.01. The summed E-state index contributed by atoms with van der Waals surface area (Å²) in [6.07, 6.45) is 5.81. The molecule has 1 aromatic rings. The summed E-state index contributed by atoms with van der Waals surface area (Å²) in [6.45, 7) is 0.0635. The first-order valence-electron chi connectivity index (χ1n) is 7.72. The van der Waals surface area contributed by atoms with E-state index in [4.69, 9.17) is 11.3 Å². The fraction of sp³-hybridized carbons (Fsp3) is 0.412. The minimum Gasteiger partial charge on any atom is -0.387 e. The maximum absolute atomic E-state index is 12.7. The van der Waals surface area contributed by atoms with Crippen LogP contribution in [-0.2, 0) is 19.5 Å². The van der Waals surface area contributed by atoms with Crippen LogP contribution in [0.25, 0.3) is 0 Å². The molecule has 1 saturated heterocycles. The molecule has 2 aliphatic heterocycles. The summed E-state index contributed by atoms with van der Waals surface area (Å²) >= 11 is 0. The molecule has 0 saturated carbocycles. The molecule has 2 unspecified atom stereocenters. The number of carbonyl (C=O) groups excluding carboxylic acids is 1. The van der Waals surface area contributed by atoms with Crippen molar-refractivity contribution in [2.24, 2.45) is 5.16 Å². The van der Waals surface area contributed by atoms with Crippen molar-refractivity contribution in [1.82, 2.24) is 4.90 Å². The van der Waals surface area contributed by atoms with E-state index in [1.807, 2.05) is 30.3 Å². The van der Waals surface area contributed by atoms with Crippen molar-refractivity contribution in [1.29, 1.82) is 0 Å². The van der Waals surface area contributed by atoms with E-state index in [-0.39, 0.29) is 35.8 Å². The Morgan fingerprint density at radius 2 is 2.12 bits per heavy atom. The monoisotopic (exact) mass is 346 g/mol. The third-order valence-electron chi connectivity index (χ3n) is 4.26. The number of benzene rings is 1. The predicted molar refractivity (Wildman–Crippen MR) is 89.9 cm³/mol. The standard InChI is InChI=1S/C17H18N2O4S/c1-2-9-19(14-8-10-24(21,22)12-14)17(20)15-11-16(23-18-15)13-6-4-3-5-7-13/h1,3-7,14,16H,8-12H2. The van der Waals surface area contributed by atoms with Crippen molar-refractivity contribution in [3.05, 3.63) is 35.9 Å². The van der Waals surface area contributed by atoms with E-state index in [0.29, 0.717) is 12.8 Å². The van der Waals surface area contributed by atoms with Crippen LogP contribution in [0.5, 0.6) is 0 Å². The molecule has 1 fully saturated rings. The van der Waals surface area contributed by atoms with Gasteiger partial charge in [0.1, 0.15) is 5.71 Å². The summed E-state index contributed by atoms with van der Waals surface area (Å²) in [4.78, 5) is 19.5. The van der Waals surface area contributed by atoms with E-state index in [1.54, 1.807) is 0 Å². The molecule has 1 amide bonds. The van der Waals surface area contributed by atoms with Gasteiger partial charge in [-0.25, -0.2) is 8.42 Å². The predicted octanol–water partition coefficient (Wildman–Crippen LogP) is 1.15. The van der Waals surface area contributed by atoms with Crippen molar-refractivity contribution < 1.29 is 18.0 Å². The van der Waals surface area contributed by atoms with Gasteiger partial charge in [0.05, 0.1) is 18.1 Å². The van der Waals surface area contributed by atoms with Gasteiger partial charge < -0.3 is 9.74 Å². The minimum absolute atomic E-state index is 0.0450. The fourth-order valence-corrected chi connectivity index (χ4v) is 4.73. The van der Waals surface area contributed by atoms with Gasteiger partial charge in [-0.15, -0.1) is 6.42 Å². The highest BCUT2D eigenvalue weighted by atomic mass is 32.2. The molecule has 2 atom stereocenters. The fourth-order valence-electron chi connectivity index (χ4n) is 3.00. The van der Waals surface area contributed by atoms with Crippen LogP contribution in [-0.4, -0.2) is 49.0 Å². The lowest BCUT2D eigenvalue weighted by atomic mass is 10.0. The van der Waals surface area contributed by atoms with Gasteiger partial charge in [-0.1, -0.05) is 41.4 Å². The van der Waals surface area contributed by atoms with Gasteiger partial charge in [0, 0.05) is 12.5 Å². The molecule has 0 N–H and O–H groups in total. The highest BCUT2D eigenvalue weighted by Gasteiger charge is 2.37. The Balaban J connectivity index is 1.71. The largest absolute Gasteiger partial charge is 0.387 e. The molecular weight excluding hydrogens is 328 g/mol. The lowest BCUT2D eigenvalue weighted by Gasteiger charge is -2.25. The Morgan fingerprint density at radius 3 is 2.75 bits per heavy atom. The Labute approximate surface area is 141 Å². The van der Waals surface area contributed by atoms with E-state index in [1.165, 1.54) is 4.90 Å². The average Bonchev–Trinajstić information content (AvgIpc) is 3.19. The topological polar surface area (TPSA) is 76.0 Å². The molecule has 6 nitrogen and oxygen atoms in total. The SMILES string of the molecule is C#CCN(C(=O)C1=NOC(c2ccccc2)C1)C1CCS(=O)(=O)C1. The number of terminal acetylenes is 1. The smallest absolute Gasteiger partial charge is 0.272 e. The zero-order valence-electron chi connectivity index (χ0n) is 13.1. The van der Waals surface area contributed by atoms with E-state index in [2.05, 4.69) is 11.1 Å². The molecule has 24 heavy (non-hydrogen) atoms. The molecule has 2 aliphatic rings. The van der Waals surface area contributed by atoms with Crippen LogP contribution < -0.4 is 0 Å². The first-order valence-corrected chi connectivity index (χ1v) is 9.55. The van der Waals surface area contributed by atoms with Crippen LogP contribution in [0.3, 0.4) is 0 Å². The van der Waals surface area contributed by atoms with E-state index < -0.39 is 15.9 Å². The molecule has 2 heterocycles. The highest BCUT2D eigenvalue weighted by Crippen LogP contribution is 2.28. The lowest BCUT2D eigenvalue weighted by Crippen LogP contribution is -2.44. The second-order valence-corrected chi connectivity index (χ2v) is 8.17. The zero-order valence-corrected chi connectivity index (χ0v) is 13.9. The van der Waals surface area contributed by atoms with Gasteiger partial charge in [-0.3, -0.25) is 4.79 Å². The van der Waals surface area contributed by atoms with Gasteiger partial charge in [0.15, 0.2) is 15.9 Å². The molecule has 126 valence electrons. The van der Waals surface area contributed by atoms with Crippen molar-refractivity contribution in [3.63, 3.8) is 0 Å². The second-order valence-electron chi connectivity index (χ2n) is 5.94. The average molecular weight is 346 g/mol. The lowest BCUT2D eigenvalue weighted by molar-refractivity contribution is -0.125. The maximum Gasteiger partial charge on any atom is 0.272 e. The van der Waals surface area contributed by atoms with Crippen LogP contribution in [0.4, 0.5) is 0 Å². The summed E-state index contributed by atoms with van der Waals surface area (Å²) < 4.78 is 23.4. The summed E-state index contributed by atoms with van der Waals surface area (Å²) in [6, 6.07) is 9.13. The number of oxime groups is 1. The van der Waals surface area contributed by atoms with Crippen LogP contribution in [0, 0.1) is 12.3 Å². The van der Waals surface area contributed by atoms with Gasteiger partial charge in [0.25, 0.3) is 5.91 Å². The van der Waals surface area contributed by atoms with Crippen LogP contribution in [0.2, 0.25) is 0 Å². The van der Waals surface area contributed by atoms with E-state index >= 15 is 0 Å². The van der Waals surface area contributed by atoms with Crippen molar-refractivity contribution >= 4 is 21.5 Å². The number of carbonyl (C=O) groups is 1. The molecule has 0 aromatic heterocycles. The summed E-state index contributed by atoms with van der Waals surface area (Å²) in [5.74, 6) is 2.13. The van der Waals surface area contributed by atoms with E-state index in [9.17, 15) is 13.2 Å². The van der Waals surface area contributed by atoms with Crippen LogP contribution in [0.15, 0.2) is 35.5 Å². The van der Waals surface area contributed by atoms with E-state index in [0.717, 1.165) is 5.56 Å². The zero-order chi connectivity index (χ0) is 17.2. The Kier molecular flexibility index (Phi) is 4.58. The molecule has 0 radical (unpaired) electrons. The summed E-state index contributed by atoms with van der Waals surface area (Å²) in [5, 5.41) is 3.91. The van der Waals surface area contributed by atoms with Crippen LogP contribution in [0.1, 0.15) is 24.5 Å². The van der Waals surface area contributed by atoms with Crippen molar-refractivity contribution in [3.8, 4) is 12.3 Å². The first-order chi connectivity index (χ1) is 11.5. The molecule has 0 spiro atoms. The summed E-state index contributed by atoms with van der Waals surface area (Å²) in [5.41, 5.74) is 1.22. The minimum atomic E-state index is -3.10. The number of amides is 1. The summed E-state index contributed by atoms with van der Waals surface area (Å²) in [7, 11) is -3.10. The van der Waals surface area contributed by atoms with Crippen LogP contribution >= 0.6 is 0 Å². The first kappa shape index (κ1) is 16.5. The van der Waals surface area contributed by atoms with Gasteiger partial charge in [-0.05, 0) is 12.0 Å². The maximum atomic E-state index is 12.7. The molecule has 1 aromatic carbocycles. The molecule has 0 bridgehead atoms. The molecule has 3 rings (SSSR count). The number of hydrogen-bond acceptors (Lipinski definition) is 5. The molecule has 0 aliphatic carbocycles. The number of sulfone groups is 1. The normalized spacial score (nSPS) is 24.7. The highest BCUT2D eigenvalue weighted by molar-refractivity contribution is 7.91. The second kappa shape index (κ2) is 6.65. The number of hydrogen-bond donors (Lipinski definition) is 0. The van der Waals surface area contributed by atoms with Gasteiger partial charge in [-0.2, -0.15) is 0 Å². The van der Waals surface area contributed by atoms with Gasteiger partial charge >= 0.3 is 0 Å². The number of nitrogens with zero attached hydrogens (tertiary/aromatic N) is 2. The van der Waals surface area contributed by atoms with Crippen molar-refractivity contribution in [2.75, 3.05) is 18.1 Å². The molecular formula is C17H18N2O4S. The van der Waals surface area contributed by atoms with Crippen molar-refractivity contribution in [2.45, 2.75) is 25.0 Å². The Hall–Kier alpha value is -2.33. The number of rotatable bonds is 4.